The van der Waals surface area contributed by atoms with Crippen molar-refractivity contribution in [1.29, 1.82) is 0 Å². The number of nitro groups is 1. The van der Waals surface area contributed by atoms with Crippen LogP contribution in [0.1, 0.15) is 12.8 Å². The molecule has 1 aromatic carbocycles. The van der Waals surface area contributed by atoms with Gasteiger partial charge in [-0.15, -0.1) is 0 Å². The minimum Gasteiger partial charge on any atom is -0.382 e. The van der Waals surface area contributed by atoms with Gasteiger partial charge in [0.25, 0.3) is 5.69 Å². The second-order valence-electron chi connectivity index (χ2n) is 4.96. The molecule has 6 heteroatoms. The maximum atomic E-state index is 11.1. The van der Waals surface area contributed by atoms with Gasteiger partial charge >= 0.3 is 0 Å². The predicted octanol–water partition coefficient (Wildman–Crippen LogP) is 2.31. The number of pyridine rings is 1. The lowest BCUT2D eigenvalue weighted by molar-refractivity contribution is -0.383. The first-order valence-electron chi connectivity index (χ1n) is 6.75. The number of nitro benzene ring substituents is 1. The summed E-state index contributed by atoms with van der Waals surface area (Å²) in [5, 5.41) is 18.7. The first kappa shape index (κ1) is 12.8. The fourth-order valence-electron chi connectivity index (χ4n) is 2.62. The van der Waals surface area contributed by atoms with Crippen LogP contribution in [0.25, 0.3) is 10.9 Å². The lowest BCUT2D eigenvalue weighted by atomic mass is 10.1. The van der Waals surface area contributed by atoms with Gasteiger partial charge in [-0.25, -0.2) is 4.98 Å². The quantitative estimate of drug-likeness (QED) is 0.662. The summed E-state index contributed by atoms with van der Waals surface area (Å²) in [5.74, 6) is 0. The molecule has 0 atom stereocenters. The Hall–Kier alpha value is -2.21. The Morgan fingerprint density at radius 1 is 1.30 bits per heavy atom. The van der Waals surface area contributed by atoms with E-state index in [1.807, 2.05) is 6.07 Å². The third-order valence-electron chi connectivity index (χ3n) is 3.64. The van der Waals surface area contributed by atoms with Crippen LogP contribution in [0, 0.1) is 10.1 Å². The van der Waals surface area contributed by atoms with E-state index in [4.69, 9.17) is 0 Å². The number of aromatic nitrogens is 1. The molecular weight excluding hydrogens is 256 g/mol. The topological polar surface area (TPSA) is 80.1 Å². The Kier molecular flexibility index (Phi) is 3.47. The first-order valence-corrected chi connectivity index (χ1v) is 6.75. The standard InChI is InChI=1S/C14H16N4O2/c19-18(20)13-4-3-12(11-2-1-7-16-14(11)13)17-10-5-8-15-9-6-10/h1-4,7,10,15,17H,5-6,8-9H2. The third-order valence-corrected chi connectivity index (χ3v) is 3.64. The largest absolute Gasteiger partial charge is 0.382 e. The number of non-ortho nitro benzene ring substituents is 1. The Morgan fingerprint density at radius 3 is 2.85 bits per heavy atom. The minimum absolute atomic E-state index is 0.0523. The van der Waals surface area contributed by atoms with Crippen LogP contribution in [0.4, 0.5) is 11.4 Å². The zero-order chi connectivity index (χ0) is 13.9. The highest BCUT2D eigenvalue weighted by Crippen LogP contribution is 2.30. The number of hydrogen-bond donors (Lipinski definition) is 2. The Bertz CT molecular complexity index is 638. The molecule has 0 bridgehead atoms. The molecule has 0 saturated carbocycles. The molecule has 6 nitrogen and oxygen atoms in total. The molecule has 0 unspecified atom stereocenters. The number of benzene rings is 1. The Balaban J connectivity index is 1.99. The van der Waals surface area contributed by atoms with E-state index in [2.05, 4.69) is 15.6 Å². The third kappa shape index (κ3) is 2.42. The van der Waals surface area contributed by atoms with Crippen molar-refractivity contribution in [3.8, 4) is 0 Å². The molecule has 0 aliphatic carbocycles. The molecule has 104 valence electrons. The second kappa shape index (κ2) is 5.42. The van der Waals surface area contributed by atoms with Crippen LogP contribution in [0.3, 0.4) is 0 Å². The SMILES string of the molecule is O=[N+]([O-])c1ccc(NC2CCNCC2)c2cccnc12. The van der Waals surface area contributed by atoms with Crippen LogP contribution in [0.5, 0.6) is 0 Å². The van der Waals surface area contributed by atoms with Crippen molar-refractivity contribution in [3.63, 3.8) is 0 Å². The molecule has 2 aromatic rings. The van der Waals surface area contributed by atoms with Gasteiger partial charge < -0.3 is 10.6 Å². The maximum absolute atomic E-state index is 11.1. The van der Waals surface area contributed by atoms with Gasteiger partial charge in [-0.1, -0.05) is 0 Å². The molecule has 0 amide bonds. The number of nitrogens with zero attached hydrogens (tertiary/aromatic N) is 2. The summed E-state index contributed by atoms with van der Waals surface area (Å²) in [6, 6.07) is 7.39. The van der Waals surface area contributed by atoms with Crippen molar-refractivity contribution in [3.05, 3.63) is 40.6 Å². The summed E-state index contributed by atoms with van der Waals surface area (Å²) in [7, 11) is 0. The van der Waals surface area contributed by atoms with E-state index in [1.54, 1.807) is 18.3 Å². The van der Waals surface area contributed by atoms with Gasteiger partial charge in [0.1, 0.15) is 5.52 Å². The van der Waals surface area contributed by atoms with Crippen LogP contribution in [0.15, 0.2) is 30.5 Å². The maximum Gasteiger partial charge on any atom is 0.295 e. The van der Waals surface area contributed by atoms with Crippen LogP contribution in [-0.4, -0.2) is 29.0 Å². The molecule has 3 rings (SSSR count). The first-order chi connectivity index (χ1) is 9.75. The molecule has 1 saturated heterocycles. The van der Waals surface area contributed by atoms with E-state index in [1.165, 1.54) is 6.07 Å². The Morgan fingerprint density at radius 2 is 2.10 bits per heavy atom. The van der Waals surface area contributed by atoms with Crippen LogP contribution in [-0.2, 0) is 0 Å². The normalized spacial score (nSPS) is 16.2. The highest BCUT2D eigenvalue weighted by molar-refractivity contribution is 5.96. The fourth-order valence-corrected chi connectivity index (χ4v) is 2.62. The number of rotatable bonds is 3. The zero-order valence-corrected chi connectivity index (χ0v) is 11.0. The highest BCUT2D eigenvalue weighted by Gasteiger charge is 2.18. The smallest absolute Gasteiger partial charge is 0.295 e. The second-order valence-corrected chi connectivity index (χ2v) is 4.96. The molecule has 2 N–H and O–H groups in total. The van der Waals surface area contributed by atoms with Gasteiger partial charge in [-0.05, 0) is 44.1 Å². The monoisotopic (exact) mass is 272 g/mol. The number of nitrogens with one attached hydrogen (secondary N) is 2. The average Bonchev–Trinajstić information content (AvgIpc) is 2.48. The van der Waals surface area contributed by atoms with Crippen LogP contribution < -0.4 is 10.6 Å². The summed E-state index contributed by atoms with van der Waals surface area (Å²) in [6.45, 7) is 2.00. The lowest BCUT2D eigenvalue weighted by Gasteiger charge is -2.25. The number of piperidine rings is 1. The van der Waals surface area contributed by atoms with Gasteiger partial charge in [0.2, 0.25) is 0 Å². The van der Waals surface area contributed by atoms with E-state index in [0.29, 0.717) is 11.6 Å². The molecule has 2 heterocycles. The van der Waals surface area contributed by atoms with Crippen LogP contribution >= 0.6 is 0 Å². The van der Waals surface area contributed by atoms with Crippen molar-refractivity contribution in [2.45, 2.75) is 18.9 Å². The van der Waals surface area contributed by atoms with Crippen LogP contribution in [0.2, 0.25) is 0 Å². The number of hydrogen-bond acceptors (Lipinski definition) is 5. The summed E-state index contributed by atoms with van der Waals surface area (Å²) in [6.07, 6.45) is 3.70. The highest BCUT2D eigenvalue weighted by atomic mass is 16.6. The van der Waals surface area contributed by atoms with E-state index in [0.717, 1.165) is 37.0 Å². The van der Waals surface area contributed by atoms with Crippen molar-refractivity contribution >= 4 is 22.3 Å². The Labute approximate surface area is 116 Å². The van der Waals surface area contributed by atoms with Gasteiger partial charge in [0.05, 0.1) is 4.92 Å². The molecule has 20 heavy (non-hydrogen) atoms. The van der Waals surface area contributed by atoms with E-state index in [-0.39, 0.29) is 10.6 Å². The average molecular weight is 272 g/mol. The van der Waals surface area contributed by atoms with Crippen molar-refractivity contribution < 1.29 is 4.92 Å². The van der Waals surface area contributed by atoms with Gasteiger partial charge in [0, 0.05) is 29.4 Å². The summed E-state index contributed by atoms with van der Waals surface area (Å²) in [4.78, 5) is 14.8. The summed E-state index contributed by atoms with van der Waals surface area (Å²) >= 11 is 0. The minimum atomic E-state index is -0.385. The molecule has 1 aromatic heterocycles. The van der Waals surface area contributed by atoms with Crippen molar-refractivity contribution in [1.82, 2.24) is 10.3 Å². The molecule has 0 spiro atoms. The predicted molar refractivity (Wildman–Crippen MR) is 77.9 cm³/mol. The molecule has 1 fully saturated rings. The molecular formula is C14H16N4O2. The van der Waals surface area contributed by atoms with E-state index in [9.17, 15) is 10.1 Å². The summed E-state index contributed by atoms with van der Waals surface area (Å²) < 4.78 is 0. The van der Waals surface area contributed by atoms with Gasteiger partial charge in [-0.2, -0.15) is 0 Å². The molecule has 1 aliphatic rings. The number of fused-ring (bicyclic) bond motifs is 1. The van der Waals surface area contributed by atoms with Crippen molar-refractivity contribution in [2.75, 3.05) is 18.4 Å². The fraction of sp³-hybridized carbons (Fsp3) is 0.357. The van der Waals surface area contributed by atoms with E-state index < -0.39 is 0 Å². The molecule has 0 radical (unpaired) electrons. The summed E-state index contributed by atoms with van der Waals surface area (Å²) in [5.41, 5.74) is 1.42. The van der Waals surface area contributed by atoms with Gasteiger partial charge in [-0.3, -0.25) is 10.1 Å². The lowest BCUT2D eigenvalue weighted by Crippen LogP contribution is -2.35. The van der Waals surface area contributed by atoms with E-state index >= 15 is 0 Å². The molecule has 1 aliphatic heterocycles. The zero-order valence-electron chi connectivity index (χ0n) is 11.0. The van der Waals surface area contributed by atoms with Gasteiger partial charge in [0.15, 0.2) is 0 Å². The number of anilines is 1. The van der Waals surface area contributed by atoms with Crippen molar-refractivity contribution in [2.24, 2.45) is 0 Å².